The Balaban J connectivity index is 1.47. The average Bonchev–Trinajstić information content (AvgIpc) is 2.71. The number of para-hydroxylation sites is 1. The summed E-state index contributed by atoms with van der Waals surface area (Å²) in [5.41, 5.74) is 2.81. The lowest BCUT2D eigenvalue weighted by molar-refractivity contribution is -0.125. The highest BCUT2D eigenvalue weighted by Crippen LogP contribution is 2.31. The Morgan fingerprint density at radius 3 is 2.81 bits per heavy atom. The van der Waals surface area contributed by atoms with Crippen molar-refractivity contribution in [1.29, 1.82) is 0 Å². The number of amides is 1. The zero-order valence-electron chi connectivity index (χ0n) is 15.1. The van der Waals surface area contributed by atoms with Crippen molar-refractivity contribution >= 4 is 22.9 Å². The normalized spacial score (nSPS) is 13.1. The molecule has 136 valence electrons. The van der Waals surface area contributed by atoms with Crippen molar-refractivity contribution in [1.82, 2.24) is 9.88 Å². The number of fused-ring (bicyclic) bond motifs is 2. The summed E-state index contributed by atoms with van der Waals surface area (Å²) in [6, 6.07) is 15.6. The van der Waals surface area contributed by atoms with E-state index in [9.17, 15) is 4.79 Å². The first kappa shape index (κ1) is 17.1. The Labute approximate surface area is 157 Å². The van der Waals surface area contributed by atoms with Gasteiger partial charge in [-0.05, 0) is 29.8 Å². The first-order chi connectivity index (χ1) is 13.2. The van der Waals surface area contributed by atoms with Crippen LogP contribution in [-0.2, 0) is 11.3 Å². The molecule has 1 aliphatic heterocycles. The maximum atomic E-state index is 12.5. The fourth-order valence-corrected chi connectivity index (χ4v) is 3.09. The van der Waals surface area contributed by atoms with Crippen molar-refractivity contribution in [3.63, 3.8) is 0 Å². The third-order valence-corrected chi connectivity index (χ3v) is 4.47. The highest BCUT2D eigenvalue weighted by atomic mass is 16.6. The third kappa shape index (κ3) is 3.77. The number of carbonyl (C=O) groups excluding carboxylic acids is 1. The van der Waals surface area contributed by atoms with Gasteiger partial charge in [-0.1, -0.05) is 30.3 Å². The largest absolute Gasteiger partial charge is 0.486 e. The first-order valence-electron chi connectivity index (χ1n) is 8.86. The predicted octanol–water partition coefficient (Wildman–Crippen LogP) is 3.68. The summed E-state index contributed by atoms with van der Waals surface area (Å²) < 4.78 is 11.1. The lowest BCUT2D eigenvalue weighted by Gasteiger charge is -2.20. The Hall–Kier alpha value is -3.34. The van der Waals surface area contributed by atoms with Crippen LogP contribution in [0.3, 0.4) is 0 Å². The molecule has 2 aromatic carbocycles. The quantitative estimate of drug-likeness (QED) is 0.666. The molecule has 5 heteroatoms. The van der Waals surface area contributed by atoms with E-state index in [-0.39, 0.29) is 5.91 Å². The second-order valence-electron chi connectivity index (χ2n) is 6.43. The van der Waals surface area contributed by atoms with E-state index in [1.807, 2.05) is 54.6 Å². The van der Waals surface area contributed by atoms with Gasteiger partial charge >= 0.3 is 0 Å². The van der Waals surface area contributed by atoms with E-state index >= 15 is 0 Å². The number of likely N-dealkylation sites (N-methyl/N-ethyl adjacent to an activating group) is 1. The Morgan fingerprint density at radius 2 is 1.93 bits per heavy atom. The van der Waals surface area contributed by atoms with E-state index in [1.165, 1.54) is 0 Å². The molecule has 0 radical (unpaired) electrons. The van der Waals surface area contributed by atoms with Gasteiger partial charge in [-0.15, -0.1) is 0 Å². The summed E-state index contributed by atoms with van der Waals surface area (Å²) >= 11 is 0. The van der Waals surface area contributed by atoms with Crippen LogP contribution in [-0.4, -0.2) is 36.1 Å². The van der Waals surface area contributed by atoms with Crippen molar-refractivity contribution in [3.05, 3.63) is 71.9 Å². The average molecular weight is 360 g/mol. The number of nitrogens with zero attached hydrogens (tertiary/aromatic N) is 2. The highest BCUT2D eigenvalue weighted by molar-refractivity contribution is 5.95. The molecule has 0 atom stereocenters. The van der Waals surface area contributed by atoms with Crippen LogP contribution in [0.1, 0.15) is 11.1 Å². The molecule has 4 rings (SSSR count). The van der Waals surface area contributed by atoms with Crippen molar-refractivity contribution in [2.75, 3.05) is 20.3 Å². The Kier molecular flexibility index (Phi) is 4.75. The van der Waals surface area contributed by atoms with Gasteiger partial charge in [-0.25, -0.2) is 0 Å². The van der Waals surface area contributed by atoms with Crippen LogP contribution in [0.2, 0.25) is 0 Å². The number of ether oxygens (including phenoxy) is 2. The standard InChI is InChI=1S/C22H20N2O3/c1-24(15-16-7-9-19-20(14-16)27-13-12-26-19)21(25)10-8-18-5-2-4-17-6-3-11-23-22(17)18/h2-11,14H,12-13,15H2,1H3/b10-8+. The third-order valence-electron chi connectivity index (χ3n) is 4.47. The molecule has 3 aromatic rings. The van der Waals surface area contributed by atoms with Gasteiger partial charge in [0.2, 0.25) is 5.91 Å². The summed E-state index contributed by atoms with van der Waals surface area (Å²) in [6.07, 6.45) is 5.16. The number of benzene rings is 2. The number of hydrogen-bond donors (Lipinski definition) is 0. The smallest absolute Gasteiger partial charge is 0.246 e. The van der Waals surface area contributed by atoms with Crippen molar-refractivity contribution in [3.8, 4) is 11.5 Å². The van der Waals surface area contributed by atoms with E-state index < -0.39 is 0 Å². The number of carbonyl (C=O) groups is 1. The van der Waals surface area contributed by atoms with E-state index in [1.54, 1.807) is 24.2 Å². The molecule has 5 nitrogen and oxygen atoms in total. The molecule has 0 unspecified atom stereocenters. The molecule has 0 saturated carbocycles. The molecule has 0 saturated heterocycles. The van der Waals surface area contributed by atoms with Gasteiger partial charge in [0.25, 0.3) is 0 Å². The lowest BCUT2D eigenvalue weighted by Crippen LogP contribution is -2.24. The van der Waals surface area contributed by atoms with Crippen molar-refractivity contribution in [2.45, 2.75) is 6.54 Å². The molecule has 0 fully saturated rings. The topological polar surface area (TPSA) is 51.7 Å². The van der Waals surface area contributed by atoms with E-state index in [4.69, 9.17) is 9.47 Å². The fourth-order valence-electron chi connectivity index (χ4n) is 3.09. The number of pyridine rings is 1. The highest BCUT2D eigenvalue weighted by Gasteiger charge is 2.13. The minimum Gasteiger partial charge on any atom is -0.486 e. The van der Waals surface area contributed by atoms with E-state index in [2.05, 4.69) is 4.98 Å². The summed E-state index contributed by atoms with van der Waals surface area (Å²) in [7, 11) is 1.78. The van der Waals surface area contributed by atoms with Crippen LogP contribution >= 0.6 is 0 Å². The molecule has 27 heavy (non-hydrogen) atoms. The summed E-state index contributed by atoms with van der Waals surface area (Å²) in [5, 5.41) is 1.05. The monoisotopic (exact) mass is 360 g/mol. The van der Waals surface area contributed by atoms with Gasteiger partial charge in [0.05, 0.1) is 5.52 Å². The van der Waals surface area contributed by atoms with Crippen molar-refractivity contribution < 1.29 is 14.3 Å². The van der Waals surface area contributed by atoms with Gasteiger partial charge in [-0.2, -0.15) is 0 Å². The molecule has 0 N–H and O–H groups in total. The number of hydrogen-bond acceptors (Lipinski definition) is 4. The van der Waals surface area contributed by atoms with Crippen LogP contribution in [0.5, 0.6) is 11.5 Å². The zero-order chi connectivity index (χ0) is 18.6. The van der Waals surface area contributed by atoms with Gasteiger partial charge in [0.1, 0.15) is 13.2 Å². The second kappa shape index (κ2) is 7.50. The molecule has 1 amide bonds. The van der Waals surface area contributed by atoms with E-state index in [0.717, 1.165) is 33.5 Å². The van der Waals surface area contributed by atoms with Gasteiger partial charge in [0.15, 0.2) is 11.5 Å². The number of rotatable bonds is 4. The molecule has 0 aliphatic carbocycles. The Bertz CT molecular complexity index is 1010. The molecular formula is C22H20N2O3. The Morgan fingerprint density at radius 1 is 1.11 bits per heavy atom. The van der Waals surface area contributed by atoms with Crippen LogP contribution < -0.4 is 9.47 Å². The predicted molar refractivity (Wildman–Crippen MR) is 105 cm³/mol. The van der Waals surface area contributed by atoms with Crippen molar-refractivity contribution in [2.24, 2.45) is 0 Å². The second-order valence-corrected chi connectivity index (χ2v) is 6.43. The fraction of sp³-hybridized carbons (Fsp3) is 0.182. The maximum absolute atomic E-state index is 12.5. The van der Waals surface area contributed by atoms with Gasteiger partial charge in [0, 0.05) is 36.8 Å². The molecular weight excluding hydrogens is 340 g/mol. The molecule has 0 bridgehead atoms. The van der Waals surface area contributed by atoms with E-state index in [0.29, 0.717) is 19.8 Å². The SMILES string of the molecule is CN(Cc1ccc2c(c1)OCCO2)C(=O)/C=C/c1cccc2cccnc12. The lowest BCUT2D eigenvalue weighted by atomic mass is 10.1. The van der Waals surface area contributed by atoms with Crippen LogP contribution in [0.15, 0.2) is 60.8 Å². The van der Waals surface area contributed by atoms with Gasteiger partial charge in [-0.3, -0.25) is 9.78 Å². The molecule has 0 spiro atoms. The summed E-state index contributed by atoms with van der Waals surface area (Å²) in [4.78, 5) is 18.6. The van der Waals surface area contributed by atoms with Gasteiger partial charge < -0.3 is 14.4 Å². The van der Waals surface area contributed by atoms with Crippen LogP contribution in [0.25, 0.3) is 17.0 Å². The minimum absolute atomic E-state index is 0.0715. The zero-order valence-corrected chi connectivity index (χ0v) is 15.1. The maximum Gasteiger partial charge on any atom is 0.246 e. The van der Waals surface area contributed by atoms with Crippen LogP contribution in [0.4, 0.5) is 0 Å². The molecule has 1 aromatic heterocycles. The molecule has 2 heterocycles. The molecule has 1 aliphatic rings. The first-order valence-corrected chi connectivity index (χ1v) is 8.86. The minimum atomic E-state index is -0.0715. The summed E-state index contributed by atoms with van der Waals surface area (Å²) in [6.45, 7) is 1.61. The summed E-state index contributed by atoms with van der Waals surface area (Å²) in [5.74, 6) is 1.41. The van der Waals surface area contributed by atoms with Crippen LogP contribution in [0, 0.1) is 0 Å². The number of aromatic nitrogens is 1.